The van der Waals surface area contributed by atoms with Gasteiger partial charge in [-0.3, -0.25) is 4.79 Å². The number of hydrogen-bond donors (Lipinski definition) is 2. The number of nitrogens with zero attached hydrogens (tertiary/aromatic N) is 2. The Labute approximate surface area is 131 Å². The van der Waals surface area contributed by atoms with E-state index in [1.807, 2.05) is 6.07 Å². The van der Waals surface area contributed by atoms with Crippen LogP contribution >= 0.6 is 0 Å². The lowest BCUT2D eigenvalue weighted by molar-refractivity contribution is -0.137. The van der Waals surface area contributed by atoms with Gasteiger partial charge < -0.3 is 16.0 Å². The number of alkyl halides is 3. The number of amides is 1. The van der Waals surface area contributed by atoms with Crippen LogP contribution in [0.25, 0.3) is 0 Å². The number of carbonyl (C=O) groups is 1. The molecular formula is C15H17F3N4O. The van der Waals surface area contributed by atoms with Crippen molar-refractivity contribution < 1.29 is 18.0 Å². The molecule has 1 fully saturated rings. The third kappa shape index (κ3) is 3.93. The molecule has 2 rings (SSSR count). The fraction of sp³-hybridized carbons (Fsp3) is 0.467. The molecule has 0 aromatic heterocycles. The molecule has 1 aromatic carbocycles. The van der Waals surface area contributed by atoms with Crippen LogP contribution in [0.15, 0.2) is 18.2 Å². The summed E-state index contributed by atoms with van der Waals surface area (Å²) in [6.45, 7) is 2.36. The first-order chi connectivity index (χ1) is 10.7. The van der Waals surface area contributed by atoms with E-state index in [0.29, 0.717) is 19.5 Å². The molecule has 1 aromatic rings. The second-order valence-corrected chi connectivity index (χ2v) is 5.57. The second kappa shape index (κ2) is 6.46. The molecule has 8 heteroatoms. The quantitative estimate of drug-likeness (QED) is 0.884. The van der Waals surface area contributed by atoms with Crippen molar-refractivity contribution in [2.45, 2.75) is 31.6 Å². The van der Waals surface area contributed by atoms with Gasteiger partial charge in [0.05, 0.1) is 22.9 Å². The van der Waals surface area contributed by atoms with Gasteiger partial charge in [-0.25, -0.2) is 0 Å². The van der Waals surface area contributed by atoms with Crippen LogP contribution in [0.4, 0.5) is 18.9 Å². The van der Waals surface area contributed by atoms with Gasteiger partial charge in [-0.05, 0) is 31.5 Å². The molecular weight excluding hydrogens is 309 g/mol. The van der Waals surface area contributed by atoms with E-state index in [-0.39, 0.29) is 23.2 Å². The molecule has 1 saturated heterocycles. The van der Waals surface area contributed by atoms with Crippen molar-refractivity contribution in [1.29, 1.82) is 5.26 Å². The Morgan fingerprint density at radius 3 is 2.78 bits per heavy atom. The summed E-state index contributed by atoms with van der Waals surface area (Å²) in [5, 5.41) is 11.9. The Kier molecular flexibility index (Phi) is 4.80. The Morgan fingerprint density at radius 2 is 2.22 bits per heavy atom. The standard InChI is InChI=1S/C15H17F3N4O/c1-9(20)14(23)21-12-4-5-22(8-12)13-6-11(15(16,17)18)3-2-10(13)7-19/h2-3,6,9,12H,4-5,8,20H2,1H3,(H,21,23). The van der Waals surface area contributed by atoms with E-state index in [0.717, 1.165) is 12.1 Å². The lowest BCUT2D eigenvalue weighted by Crippen LogP contribution is -2.45. The van der Waals surface area contributed by atoms with Crippen molar-refractivity contribution in [2.75, 3.05) is 18.0 Å². The van der Waals surface area contributed by atoms with Gasteiger partial charge in [-0.1, -0.05) is 0 Å². The minimum atomic E-state index is -4.47. The van der Waals surface area contributed by atoms with Gasteiger partial charge in [-0.2, -0.15) is 18.4 Å². The van der Waals surface area contributed by atoms with E-state index in [2.05, 4.69) is 5.32 Å². The predicted octanol–water partition coefficient (Wildman–Crippen LogP) is 1.62. The summed E-state index contributed by atoms with van der Waals surface area (Å²) in [6, 6.07) is 4.11. The van der Waals surface area contributed by atoms with Crippen LogP contribution in [0.2, 0.25) is 0 Å². The fourth-order valence-corrected chi connectivity index (χ4v) is 2.49. The van der Waals surface area contributed by atoms with Crippen molar-refractivity contribution in [2.24, 2.45) is 5.73 Å². The number of benzene rings is 1. The Hall–Kier alpha value is -2.27. The van der Waals surface area contributed by atoms with Crippen LogP contribution in [-0.2, 0) is 11.0 Å². The molecule has 0 saturated carbocycles. The number of hydrogen-bond acceptors (Lipinski definition) is 4. The Bertz CT molecular complexity index is 637. The predicted molar refractivity (Wildman–Crippen MR) is 78.6 cm³/mol. The summed E-state index contributed by atoms with van der Waals surface area (Å²) in [5.74, 6) is -0.304. The van der Waals surface area contributed by atoms with Gasteiger partial charge in [0.2, 0.25) is 5.91 Å². The minimum Gasteiger partial charge on any atom is -0.368 e. The third-order valence-corrected chi connectivity index (χ3v) is 3.73. The summed E-state index contributed by atoms with van der Waals surface area (Å²) >= 11 is 0. The molecule has 2 atom stereocenters. The molecule has 3 N–H and O–H groups in total. The van der Waals surface area contributed by atoms with E-state index < -0.39 is 17.8 Å². The molecule has 0 bridgehead atoms. The SMILES string of the molecule is CC(N)C(=O)NC1CCN(c2cc(C(F)(F)F)ccc2C#N)C1. The van der Waals surface area contributed by atoms with E-state index in [1.165, 1.54) is 6.07 Å². The van der Waals surface area contributed by atoms with Crippen molar-refractivity contribution in [3.05, 3.63) is 29.3 Å². The maximum Gasteiger partial charge on any atom is 0.416 e. The second-order valence-electron chi connectivity index (χ2n) is 5.57. The zero-order valence-corrected chi connectivity index (χ0v) is 12.5. The van der Waals surface area contributed by atoms with Gasteiger partial charge in [0.25, 0.3) is 0 Å². The zero-order chi connectivity index (χ0) is 17.2. The zero-order valence-electron chi connectivity index (χ0n) is 12.5. The number of halogens is 3. The van der Waals surface area contributed by atoms with E-state index >= 15 is 0 Å². The van der Waals surface area contributed by atoms with E-state index in [9.17, 15) is 18.0 Å². The molecule has 1 amide bonds. The van der Waals surface area contributed by atoms with E-state index in [1.54, 1.807) is 11.8 Å². The normalized spacial score (nSPS) is 19.3. The first kappa shape index (κ1) is 17.1. The number of rotatable bonds is 3. The highest BCUT2D eigenvalue weighted by Gasteiger charge is 2.33. The number of nitrogens with one attached hydrogen (secondary N) is 1. The molecule has 0 spiro atoms. The highest BCUT2D eigenvalue weighted by atomic mass is 19.4. The molecule has 5 nitrogen and oxygen atoms in total. The van der Waals surface area contributed by atoms with Gasteiger partial charge in [0.15, 0.2) is 0 Å². The highest BCUT2D eigenvalue weighted by Crippen LogP contribution is 2.34. The average Bonchev–Trinajstić information content (AvgIpc) is 2.93. The van der Waals surface area contributed by atoms with Crippen LogP contribution in [0.5, 0.6) is 0 Å². The van der Waals surface area contributed by atoms with Crippen LogP contribution in [-0.4, -0.2) is 31.1 Å². The molecule has 1 heterocycles. The van der Waals surface area contributed by atoms with Crippen molar-refractivity contribution in [3.8, 4) is 6.07 Å². The smallest absolute Gasteiger partial charge is 0.368 e. The van der Waals surface area contributed by atoms with Crippen molar-refractivity contribution in [1.82, 2.24) is 5.32 Å². The fourth-order valence-electron chi connectivity index (χ4n) is 2.49. The van der Waals surface area contributed by atoms with Gasteiger partial charge >= 0.3 is 6.18 Å². The van der Waals surface area contributed by atoms with Gasteiger partial charge in [0, 0.05) is 19.1 Å². The van der Waals surface area contributed by atoms with Crippen LogP contribution in [0, 0.1) is 11.3 Å². The van der Waals surface area contributed by atoms with E-state index in [4.69, 9.17) is 11.0 Å². The molecule has 1 aliphatic heterocycles. The summed E-state index contributed by atoms with van der Waals surface area (Å²) in [6.07, 6.45) is -3.88. The lowest BCUT2D eigenvalue weighted by Gasteiger charge is -2.22. The Balaban J connectivity index is 2.19. The summed E-state index contributed by atoms with van der Waals surface area (Å²) < 4.78 is 38.6. The number of anilines is 1. The summed E-state index contributed by atoms with van der Waals surface area (Å²) in [4.78, 5) is 13.3. The monoisotopic (exact) mass is 326 g/mol. The lowest BCUT2D eigenvalue weighted by atomic mass is 10.1. The molecule has 23 heavy (non-hydrogen) atoms. The maximum atomic E-state index is 12.9. The summed E-state index contributed by atoms with van der Waals surface area (Å²) in [7, 11) is 0. The largest absolute Gasteiger partial charge is 0.416 e. The van der Waals surface area contributed by atoms with Gasteiger partial charge in [-0.15, -0.1) is 0 Å². The van der Waals surface area contributed by atoms with Crippen LogP contribution in [0.3, 0.4) is 0 Å². The minimum absolute atomic E-state index is 0.178. The van der Waals surface area contributed by atoms with Crippen molar-refractivity contribution in [3.63, 3.8) is 0 Å². The summed E-state index contributed by atoms with van der Waals surface area (Å²) in [5.41, 5.74) is 5.10. The highest BCUT2D eigenvalue weighted by molar-refractivity contribution is 5.81. The van der Waals surface area contributed by atoms with Crippen molar-refractivity contribution >= 4 is 11.6 Å². The van der Waals surface area contributed by atoms with Gasteiger partial charge in [0.1, 0.15) is 6.07 Å². The molecule has 0 aliphatic carbocycles. The number of carbonyl (C=O) groups excluding carboxylic acids is 1. The maximum absolute atomic E-state index is 12.9. The molecule has 2 unspecified atom stereocenters. The molecule has 0 radical (unpaired) electrons. The number of nitriles is 1. The molecule has 124 valence electrons. The Morgan fingerprint density at radius 1 is 1.52 bits per heavy atom. The van der Waals surface area contributed by atoms with Crippen LogP contribution in [0.1, 0.15) is 24.5 Å². The first-order valence-corrected chi connectivity index (χ1v) is 7.14. The average molecular weight is 326 g/mol. The molecule has 1 aliphatic rings. The topological polar surface area (TPSA) is 82.2 Å². The third-order valence-electron chi connectivity index (χ3n) is 3.73. The van der Waals surface area contributed by atoms with Crippen LogP contribution < -0.4 is 16.0 Å². The number of nitrogens with two attached hydrogens (primary N) is 1. The first-order valence-electron chi connectivity index (χ1n) is 7.14.